The highest BCUT2D eigenvalue weighted by Crippen LogP contribution is 2.37. The van der Waals surface area contributed by atoms with Gasteiger partial charge in [0.2, 0.25) is 0 Å². The van der Waals surface area contributed by atoms with E-state index in [0.29, 0.717) is 23.7 Å². The van der Waals surface area contributed by atoms with Crippen LogP contribution in [0.1, 0.15) is 41.5 Å². The first-order valence-electron chi connectivity index (χ1n) is 11.7. The normalized spacial score (nSPS) is 25.4. The molecule has 0 bridgehead atoms. The lowest BCUT2D eigenvalue weighted by Crippen LogP contribution is -2.56. The van der Waals surface area contributed by atoms with Crippen LogP contribution in [-0.4, -0.2) is 90.4 Å². The van der Waals surface area contributed by atoms with E-state index < -0.39 is 39.0 Å². The first-order chi connectivity index (χ1) is 16.2. The van der Waals surface area contributed by atoms with Gasteiger partial charge in [-0.15, -0.1) is 0 Å². The molecule has 2 atom stereocenters. The van der Waals surface area contributed by atoms with Gasteiger partial charge < -0.3 is 29.5 Å². The topological polar surface area (TPSA) is 135 Å². The minimum absolute atomic E-state index is 0.0654. The molecule has 2 saturated heterocycles. The minimum atomic E-state index is -3.52. The van der Waals surface area contributed by atoms with E-state index in [-0.39, 0.29) is 19.3 Å². The Balaban J connectivity index is 1.75. The molecular weight excluding hydrogens is 471 g/mol. The van der Waals surface area contributed by atoms with Gasteiger partial charge in [0.1, 0.15) is 22.3 Å². The molecule has 12 heteroatoms. The quantitative estimate of drug-likeness (QED) is 0.392. The Hall–Kier alpha value is -1.83. The van der Waals surface area contributed by atoms with Gasteiger partial charge in [-0.05, 0) is 59.1 Å². The van der Waals surface area contributed by atoms with E-state index in [1.807, 2.05) is 39.8 Å². The van der Waals surface area contributed by atoms with Gasteiger partial charge in [0.15, 0.2) is 9.84 Å². The summed E-state index contributed by atoms with van der Waals surface area (Å²) in [6, 6.07) is 3.48. The molecule has 192 valence electrons. The Morgan fingerprint density at radius 1 is 1.29 bits per heavy atom. The highest BCUT2D eigenvalue weighted by atomic mass is 32.2. The standard InChI is InChI=1S/C23H35BN4O6S/c1-21(2,35(7,30)31)19(17-11-26-14(12-29)13-32-17)27-18-10-15-16(8-9-25-20(15)28-18)24-33-22(3,4)23(5,6)34-24/h8-10,14,17,26,29H,11-13H2,1-7H3,(H,25,28). The number of hydrogen-bond donors (Lipinski definition) is 3. The number of fused-ring (bicyclic) bond motifs is 1. The fourth-order valence-electron chi connectivity index (χ4n) is 4.10. The second-order valence-electron chi connectivity index (χ2n) is 10.8. The molecule has 2 aliphatic rings. The fraction of sp³-hybridized carbons (Fsp3) is 0.652. The molecule has 0 aliphatic carbocycles. The molecule has 4 heterocycles. The molecule has 0 aromatic carbocycles. The predicted octanol–water partition coefficient (Wildman–Crippen LogP) is 1.11. The number of aliphatic hydroxyl groups is 1. The lowest BCUT2D eigenvalue weighted by molar-refractivity contribution is 0.00578. The molecule has 3 N–H and O–H groups in total. The number of nitrogens with one attached hydrogen (secondary N) is 2. The van der Waals surface area contributed by atoms with Crippen LogP contribution in [0.2, 0.25) is 0 Å². The van der Waals surface area contributed by atoms with Crippen molar-refractivity contribution in [3.05, 3.63) is 18.3 Å². The average Bonchev–Trinajstić information content (AvgIpc) is 3.27. The molecule has 2 aromatic rings. The number of pyridine rings is 1. The van der Waals surface area contributed by atoms with Crippen molar-refractivity contribution in [3.8, 4) is 0 Å². The van der Waals surface area contributed by atoms with E-state index in [1.54, 1.807) is 20.0 Å². The lowest BCUT2D eigenvalue weighted by Gasteiger charge is -2.35. The Kier molecular flexibility index (Phi) is 6.70. The monoisotopic (exact) mass is 506 g/mol. The van der Waals surface area contributed by atoms with E-state index in [2.05, 4.69) is 15.3 Å². The fourth-order valence-corrected chi connectivity index (χ4v) is 4.66. The Bertz CT molecular complexity index is 1220. The van der Waals surface area contributed by atoms with E-state index in [4.69, 9.17) is 19.0 Å². The van der Waals surface area contributed by atoms with Crippen molar-refractivity contribution < 1.29 is 27.6 Å². The zero-order chi connectivity index (χ0) is 25.8. The second kappa shape index (κ2) is 8.93. The van der Waals surface area contributed by atoms with Crippen LogP contribution in [0.15, 0.2) is 23.3 Å². The second-order valence-corrected chi connectivity index (χ2v) is 13.4. The van der Waals surface area contributed by atoms with Crippen molar-refractivity contribution in [2.75, 3.05) is 26.0 Å². The van der Waals surface area contributed by atoms with Crippen molar-refractivity contribution in [2.24, 2.45) is 4.99 Å². The van der Waals surface area contributed by atoms with Crippen LogP contribution in [0.4, 0.5) is 5.82 Å². The summed E-state index contributed by atoms with van der Waals surface area (Å²) in [7, 11) is -4.10. The largest absolute Gasteiger partial charge is 0.495 e. The van der Waals surface area contributed by atoms with Crippen molar-refractivity contribution >= 4 is 45.0 Å². The molecule has 2 aromatic heterocycles. The minimum Gasteiger partial charge on any atom is -0.399 e. The van der Waals surface area contributed by atoms with Gasteiger partial charge in [0.25, 0.3) is 0 Å². The summed E-state index contributed by atoms with van der Waals surface area (Å²) in [5.74, 6) is 0.455. The predicted molar refractivity (Wildman–Crippen MR) is 136 cm³/mol. The SMILES string of the molecule is CC1(C)OB(c2ccnc3[nH]c(N=C(C4CNC(CO)CO4)C(C)(C)S(C)(=O)=O)cc23)OC1(C)C. The number of aromatic nitrogens is 2. The van der Waals surface area contributed by atoms with Gasteiger partial charge in [-0.25, -0.2) is 18.4 Å². The molecule has 10 nitrogen and oxygen atoms in total. The summed E-state index contributed by atoms with van der Waals surface area (Å²) in [5, 5.41) is 13.4. The highest BCUT2D eigenvalue weighted by Gasteiger charge is 2.52. The molecule has 2 aliphatic heterocycles. The van der Waals surface area contributed by atoms with Crippen LogP contribution in [0, 0.1) is 0 Å². The zero-order valence-corrected chi connectivity index (χ0v) is 22.2. The summed E-state index contributed by atoms with van der Waals surface area (Å²) in [5.41, 5.74) is 0.795. The third kappa shape index (κ3) is 4.79. The zero-order valence-electron chi connectivity index (χ0n) is 21.4. The summed E-state index contributed by atoms with van der Waals surface area (Å²) in [4.78, 5) is 12.4. The Morgan fingerprint density at radius 2 is 1.94 bits per heavy atom. The highest BCUT2D eigenvalue weighted by molar-refractivity contribution is 7.92. The van der Waals surface area contributed by atoms with E-state index in [9.17, 15) is 13.5 Å². The molecule has 4 rings (SSSR count). The number of H-pyrrole nitrogens is 1. The van der Waals surface area contributed by atoms with Gasteiger partial charge in [-0.1, -0.05) is 0 Å². The summed E-state index contributed by atoms with van der Waals surface area (Å²) in [6.45, 7) is 11.8. The van der Waals surface area contributed by atoms with Crippen LogP contribution in [0.5, 0.6) is 0 Å². The van der Waals surface area contributed by atoms with Crippen LogP contribution in [-0.2, 0) is 23.9 Å². The first-order valence-corrected chi connectivity index (χ1v) is 13.6. The number of aliphatic imine (C=N–C) groups is 1. The van der Waals surface area contributed by atoms with Crippen molar-refractivity contribution in [1.29, 1.82) is 0 Å². The average molecular weight is 506 g/mol. The van der Waals surface area contributed by atoms with Crippen LogP contribution < -0.4 is 10.8 Å². The molecule has 0 saturated carbocycles. The number of sulfone groups is 1. The third-order valence-electron chi connectivity index (χ3n) is 7.46. The number of morpholine rings is 1. The van der Waals surface area contributed by atoms with Gasteiger partial charge in [-0.3, -0.25) is 0 Å². The summed E-state index contributed by atoms with van der Waals surface area (Å²) in [6.07, 6.45) is 2.29. The maximum absolute atomic E-state index is 12.7. The Morgan fingerprint density at radius 3 is 2.49 bits per heavy atom. The smallest absolute Gasteiger partial charge is 0.399 e. The molecule has 2 unspecified atom stereocenters. The van der Waals surface area contributed by atoms with Crippen molar-refractivity contribution in [3.63, 3.8) is 0 Å². The lowest BCUT2D eigenvalue weighted by atomic mass is 9.78. The molecular formula is C23H35BN4O6S. The summed E-state index contributed by atoms with van der Waals surface area (Å²) >= 11 is 0. The molecule has 35 heavy (non-hydrogen) atoms. The third-order valence-corrected chi connectivity index (χ3v) is 9.52. The van der Waals surface area contributed by atoms with Gasteiger partial charge in [-0.2, -0.15) is 0 Å². The van der Waals surface area contributed by atoms with Gasteiger partial charge in [0.05, 0.1) is 36.2 Å². The molecule has 2 fully saturated rings. The van der Waals surface area contributed by atoms with E-state index >= 15 is 0 Å². The number of aromatic amines is 1. The van der Waals surface area contributed by atoms with Crippen molar-refractivity contribution in [1.82, 2.24) is 15.3 Å². The Labute approximate surface area is 206 Å². The molecule has 0 radical (unpaired) electrons. The van der Waals surface area contributed by atoms with E-state index in [1.165, 1.54) is 6.26 Å². The van der Waals surface area contributed by atoms with Gasteiger partial charge >= 0.3 is 7.12 Å². The van der Waals surface area contributed by atoms with E-state index in [0.717, 1.165) is 10.8 Å². The number of hydrogen-bond acceptors (Lipinski definition) is 9. The molecule has 0 spiro atoms. The van der Waals surface area contributed by atoms with Gasteiger partial charge in [0, 0.05) is 24.4 Å². The number of nitrogens with zero attached hydrogens (tertiary/aromatic N) is 2. The first kappa shape index (κ1) is 26.2. The number of ether oxygens (including phenoxy) is 1. The molecule has 0 amide bonds. The van der Waals surface area contributed by atoms with Crippen molar-refractivity contribution in [2.45, 2.75) is 69.6 Å². The van der Waals surface area contributed by atoms with Crippen LogP contribution >= 0.6 is 0 Å². The van der Waals surface area contributed by atoms with Crippen LogP contribution in [0.3, 0.4) is 0 Å². The maximum atomic E-state index is 12.7. The number of rotatable bonds is 6. The summed E-state index contributed by atoms with van der Waals surface area (Å²) < 4.78 is 42.6. The maximum Gasteiger partial charge on any atom is 0.495 e. The number of aliphatic hydroxyl groups excluding tert-OH is 1. The van der Waals surface area contributed by atoms with Crippen LogP contribution in [0.25, 0.3) is 11.0 Å².